The van der Waals surface area contributed by atoms with Gasteiger partial charge in [0, 0.05) is 25.2 Å². The SMILES string of the molecule is Cc1cc(CCl)ccc1N(C)CCC(C)C. The summed E-state index contributed by atoms with van der Waals surface area (Å²) in [5.74, 6) is 1.35. The van der Waals surface area contributed by atoms with Crippen molar-refractivity contribution in [2.75, 3.05) is 18.5 Å². The Labute approximate surface area is 104 Å². The van der Waals surface area contributed by atoms with E-state index in [1.54, 1.807) is 0 Å². The summed E-state index contributed by atoms with van der Waals surface area (Å²) < 4.78 is 0. The van der Waals surface area contributed by atoms with E-state index in [0.29, 0.717) is 5.88 Å². The van der Waals surface area contributed by atoms with Gasteiger partial charge in [-0.15, -0.1) is 11.6 Å². The van der Waals surface area contributed by atoms with E-state index in [1.807, 2.05) is 0 Å². The van der Waals surface area contributed by atoms with Crippen LogP contribution in [-0.2, 0) is 5.88 Å². The van der Waals surface area contributed by atoms with Crippen LogP contribution >= 0.6 is 11.6 Å². The van der Waals surface area contributed by atoms with Gasteiger partial charge in [-0.3, -0.25) is 0 Å². The second-order valence-corrected chi connectivity index (χ2v) is 5.13. The molecule has 0 saturated heterocycles. The zero-order valence-electron chi connectivity index (χ0n) is 10.8. The van der Waals surface area contributed by atoms with E-state index >= 15 is 0 Å². The van der Waals surface area contributed by atoms with Gasteiger partial charge in [0.15, 0.2) is 0 Å². The number of hydrogen-bond donors (Lipinski definition) is 0. The lowest BCUT2D eigenvalue weighted by atomic mass is 10.1. The van der Waals surface area contributed by atoms with Gasteiger partial charge in [-0.1, -0.05) is 26.0 Å². The van der Waals surface area contributed by atoms with Crippen LogP contribution in [0.4, 0.5) is 5.69 Å². The molecule has 0 spiro atoms. The molecule has 0 amide bonds. The van der Waals surface area contributed by atoms with Gasteiger partial charge >= 0.3 is 0 Å². The molecule has 1 aromatic carbocycles. The van der Waals surface area contributed by atoms with Gasteiger partial charge in [-0.05, 0) is 36.5 Å². The lowest BCUT2D eigenvalue weighted by Crippen LogP contribution is -2.20. The number of alkyl halides is 1. The first-order valence-electron chi connectivity index (χ1n) is 5.91. The van der Waals surface area contributed by atoms with E-state index < -0.39 is 0 Å². The maximum Gasteiger partial charge on any atom is 0.0474 e. The third-order valence-electron chi connectivity index (χ3n) is 2.87. The first kappa shape index (κ1) is 13.4. The molecule has 0 N–H and O–H groups in total. The Hall–Kier alpha value is -0.690. The van der Waals surface area contributed by atoms with E-state index in [0.717, 1.165) is 12.5 Å². The standard InChI is InChI=1S/C14H22ClN/c1-11(2)7-8-16(4)14-6-5-13(10-15)9-12(14)3/h5-6,9,11H,7-8,10H2,1-4H3. The molecule has 2 heteroatoms. The van der Waals surface area contributed by atoms with Crippen molar-refractivity contribution in [1.82, 2.24) is 0 Å². The van der Waals surface area contributed by atoms with E-state index in [2.05, 4.69) is 50.9 Å². The highest BCUT2D eigenvalue weighted by Gasteiger charge is 2.05. The number of aryl methyl sites for hydroxylation is 1. The van der Waals surface area contributed by atoms with Gasteiger partial charge in [0.1, 0.15) is 0 Å². The number of halogens is 1. The minimum absolute atomic E-state index is 0.594. The number of rotatable bonds is 5. The van der Waals surface area contributed by atoms with Crippen LogP contribution in [0.3, 0.4) is 0 Å². The molecule has 1 nitrogen and oxygen atoms in total. The number of nitrogens with zero attached hydrogens (tertiary/aromatic N) is 1. The van der Waals surface area contributed by atoms with E-state index in [9.17, 15) is 0 Å². The third kappa shape index (κ3) is 3.71. The van der Waals surface area contributed by atoms with Crippen LogP contribution in [0.5, 0.6) is 0 Å². The van der Waals surface area contributed by atoms with Crippen molar-refractivity contribution in [3.63, 3.8) is 0 Å². The minimum Gasteiger partial charge on any atom is -0.374 e. The molecule has 0 aliphatic heterocycles. The summed E-state index contributed by atoms with van der Waals surface area (Å²) in [5, 5.41) is 0. The lowest BCUT2D eigenvalue weighted by Gasteiger charge is -2.22. The topological polar surface area (TPSA) is 3.24 Å². The largest absolute Gasteiger partial charge is 0.374 e. The van der Waals surface area contributed by atoms with Crippen molar-refractivity contribution in [3.05, 3.63) is 29.3 Å². The van der Waals surface area contributed by atoms with Gasteiger partial charge in [0.2, 0.25) is 0 Å². The molecule has 0 fully saturated rings. The van der Waals surface area contributed by atoms with Crippen LogP contribution < -0.4 is 4.90 Å². The van der Waals surface area contributed by atoms with E-state index in [1.165, 1.54) is 23.2 Å². The van der Waals surface area contributed by atoms with Crippen molar-refractivity contribution in [3.8, 4) is 0 Å². The van der Waals surface area contributed by atoms with Crippen molar-refractivity contribution < 1.29 is 0 Å². The highest BCUT2D eigenvalue weighted by molar-refractivity contribution is 6.17. The van der Waals surface area contributed by atoms with Gasteiger partial charge < -0.3 is 4.90 Å². The molecule has 0 unspecified atom stereocenters. The summed E-state index contributed by atoms with van der Waals surface area (Å²) in [5.41, 5.74) is 3.82. The Kier molecular flexibility index (Phi) is 5.14. The third-order valence-corrected chi connectivity index (χ3v) is 3.18. The monoisotopic (exact) mass is 239 g/mol. The Bertz CT molecular complexity index is 334. The number of benzene rings is 1. The summed E-state index contributed by atoms with van der Waals surface area (Å²) in [4.78, 5) is 2.33. The number of hydrogen-bond acceptors (Lipinski definition) is 1. The molecule has 0 aliphatic rings. The molecule has 0 aliphatic carbocycles. The second-order valence-electron chi connectivity index (χ2n) is 4.86. The minimum atomic E-state index is 0.594. The molecular weight excluding hydrogens is 218 g/mol. The summed E-state index contributed by atoms with van der Waals surface area (Å²) >= 11 is 5.82. The molecule has 16 heavy (non-hydrogen) atoms. The molecule has 0 saturated carbocycles. The molecule has 0 radical (unpaired) electrons. The summed E-state index contributed by atoms with van der Waals surface area (Å²) in [6.45, 7) is 7.78. The van der Waals surface area contributed by atoms with Gasteiger partial charge in [-0.2, -0.15) is 0 Å². The van der Waals surface area contributed by atoms with Crippen LogP contribution in [-0.4, -0.2) is 13.6 Å². The Balaban J connectivity index is 2.71. The van der Waals surface area contributed by atoms with Crippen LogP contribution in [0.15, 0.2) is 18.2 Å². The van der Waals surface area contributed by atoms with Gasteiger partial charge in [-0.25, -0.2) is 0 Å². The molecule has 0 atom stereocenters. The van der Waals surface area contributed by atoms with E-state index in [-0.39, 0.29) is 0 Å². The van der Waals surface area contributed by atoms with E-state index in [4.69, 9.17) is 11.6 Å². The smallest absolute Gasteiger partial charge is 0.0474 e. The van der Waals surface area contributed by atoms with Crippen LogP contribution in [0.2, 0.25) is 0 Å². The predicted octanol–water partition coefficient (Wildman–Crippen LogP) is 4.22. The quantitative estimate of drug-likeness (QED) is 0.696. The predicted molar refractivity (Wildman–Crippen MR) is 73.5 cm³/mol. The molecule has 0 bridgehead atoms. The first-order chi connectivity index (χ1) is 7.54. The summed E-state index contributed by atoms with van der Waals surface area (Å²) in [7, 11) is 2.16. The van der Waals surface area contributed by atoms with Crippen molar-refractivity contribution in [1.29, 1.82) is 0 Å². The maximum absolute atomic E-state index is 5.82. The number of anilines is 1. The Morgan fingerprint density at radius 1 is 1.31 bits per heavy atom. The van der Waals surface area contributed by atoms with Crippen LogP contribution in [0.1, 0.15) is 31.4 Å². The van der Waals surface area contributed by atoms with Crippen molar-refractivity contribution in [2.45, 2.75) is 33.1 Å². The average molecular weight is 240 g/mol. The Morgan fingerprint density at radius 3 is 2.50 bits per heavy atom. The first-order valence-corrected chi connectivity index (χ1v) is 6.44. The fraction of sp³-hybridized carbons (Fsp3) is 0.571. The maximum atomic E-state index is 5.82. The highest BCUT2D eigenvalue weighted by Crippen LogP contribution is 2.21. The van der Waals surface area contributed by atoms with Crippen molar-refractivity contribution >= 4 is 17.3 Å². The van der Waals surface area contributed by atoms with Gasteiger partial charge in [0.25, 0.3) is 0 Å². The molecule has 1 aromatic rings. The summed E-state index contributed by atoms with van der Waals surface area (Å²) in [6.07, 6.45) is 1.23. The fourth-order valence-electron chi connectivity index (χ4n) is 1.80. The molecule has 0 aromatic heterocycles. The zero-order chi connectivity index (χ0) is 12.1. The summed E-state index contributed by atoms with van der Waals surface area (Å²) in [6, 6.07) is 6.46. The van der Waals surface area contributed by atoms with Crippen LogP contribution in [0.25, 0.3) is 0 Å². The second kappa shape index (κ2) is 6.15. The lowest BCUT2D eigenvalue weighted by molar-refractivity contribution is 0.585. The zero-order valence-corrected chi connectivity index (χ0v) is 11.5. The highest BCUT2D eigenvalue weighted by atomic mass is 35.5. The molecule has 90 valence electrons. The Morgan fingerprint density at radius 2 is 2.00 bits per heavy atom. The fourth-order valence-corrected chi connectivity index (χ4v) is 1.97. The average Bonchev–Trinajstić information content (AvgIpc) is 2.25. The van der Waals surface area contributed by atoms with Crippen LogP contribution in [0, 0.1) is 12.8 Å². The molecule has 1 rings (SSSR count). The molecular formula is C14H22ClN. The molecule has 0 heterocycles. The normalized spacial score (nSPS) is 10.9. The van der Waals surface area contributed by atoms with Crippen molar-refractivity contribution in [2.24, 2.45) is 5.92 Å². The van der Waals surface area contributed by atoms with Gasteiger partial charge in [0.05, 0.1) is 0 Å².